The van der Waals surface area contributed by atoms with Crippen molar-refractivity contribution < 1.29 is 26.3 Å². The third kappa shape index (κ3) is 5.89. The number of aromatic nitrogens is 3. The Balaban J connectivity index is 1.73. The van der Waals surface area contributed by atoms with Crippen LogP contribution in [0.25, 0.3) is 22.4 Å². The number of hydrogen-bond acceptors (Lipinski definition) is 6. The lowest BCUT2D eigenvalue weighted by atomic mass is 10.1. The van der Waals surface area contributed by atoms with Crippen LogP contribution in [0.15, 0.2) is 34.1 Å². The Labute approximate surface area is 219 Å². The van der Waals surface area contributed by atoms with Gasteiger partial charge in [0.1, 0.15) is 17.1 Å². The maximum atomic E-state index is 13.5. The SMILES string of the molecule is CCCOc1ccc(S(=O)(=O)N2CCN(CC(F)(F)F)CC2)cc1-c1nc2c(CCC)cn(C)c2c(=O)[nH]1. The van der Waals surface area contributed by atoms with Crippen LogP contribution in [0.3, 0.4) is 0 Å². The number of H-pyrrole nitrogens is 1. The van der Waals surface area contributed by atoms with Gasteiger partial charge in [-0.25, -0.2) is 13.4 Å². The molecule has 1 fully saturated rings. The molecule has 0 atom stereocenters. The van der Waals surface area contributed by atoms with Crippen molar-refractivity contribution >= 4 is 21.1 Å². The molecule has 0 saturated carbocycles. The summed E-state index contributed by atoms with van der Waals surface area (Å²) in [5, 5.41) is 0. The number of benzene rings is 1. The highest BCUT2D eigenvalue weighted by molar-refractivity contribution is 7.89. The van der Waals surface area contributed by atoms with Crippen molar-refractivity contribution in [3.8, 4) is 17.1 Å². The van der Waals surface area contributed by atoms with Crippen molar-refractivity contribution in [2.75, 3.05) is 39.3 Å². The van der Waals surface area contributed by atoms with Crippen molar-refractivity contribution in [2.24, 2.45) is 7.05 Å². The molecular weight excluding hydrogens is 523 g/mol. The largest absolute Gasteiger partial charge is 0.493 e. The van der Waals surface area contributed by atoms with Crippen molar-refractivity contribution in [3.63, 3.8) is 0 Å². The number of aryl methyl sites for hydroxylation is 2. The normalized spacial score (nSPS) is 15.8. The summed E-state index contributed by atoms with van der Waals surface area (Å²) in [5.74, 6) is 0.556. The molecule has 4 rings (SSSR count). The molecule has 3 heterocycles. The predicted molar refractivity (Wildman–Crippen MR) is 138 cm³/mol. The molecule has 1 aliphatic rings. The van der Waals surface area contributed by atoms with Crippen molar-refractivity contribution in [3.05, 3.63) is 40.3 Å². The summed E-state index contributed by atoms with van der Waals surface area (Å²) in [6.45, 7) is 3.09. The number of aromatic amines is 1. The van der Waals surface area contributed by atoms with E-state index in [4.69, 9.17) is 9.72 Å². The zero-order valence-electron chi connectivity index (χ0n) is 21.6. The Kier molecular flexibility index (Phi) is 8.19. The number of sulfonamides is 1. The molecule has 13 heteroatoms. The van der Waals surface area contributed by atoms with Gasteiger partial charge in [-0.1, -0.05) is 20.3 Å². The van der Waals surface area contributed by atoms with Crippen LogP contribution in [-0.2, 0) is 23.5 Å². The minimum atomic E-state index is -4.34. The molecular formula is C25H32F3N5O4S. The lowest BCUT2D eigenvalue weighted by Crippen LogP contribution is -2.50. The summed E-state index contributed by atoms with van der Waals surface area (Å²) >= 11 is 0. The second kappa shape index (κ2) is 11.1. The number of ether oxygens (including phenoxy) is 1. The van der Waals surface area contributed by atoms with Crippen LogP contribution in [0, 0.1) is 0 Å². The van der Waals surface area contributed by atoms with Gasteiger partial charge < -0.3 is 14.3 Å². The van der Waals surface area contributed by atoms with Crippen molar-refractivity contribution in [1.29, 1.82) is 0 Å². The van der Waals surface area contributed by atoms with Crippen LogP contribution >= 0.6 is 0 Å². The van der Waals surface area contributed by atoms with Gasteiger partial charge in [0.05, 0.1) is 29.1 Å². The van der Waals surface area contributed by atoms with Crippen LogP contribution < -0.4 is 10.3 Å². The molecule has 3 aromatic rings. The molecule has 0 radical (unpaired) electrons. The van der Waals surface area contributed by atoms with Crippen LogP contribution in [0.2, 0.25) is 0 Å². The Morgan fingerprint density at radius 2 is 1.82 bits per heavy atom. The lowest BCUT2D eigenvalue weighted by molar-refractivity contribution is -0.148. The quantitative estimate of drug-likeness (QED) is 0.434. The van der Waals surface area contributed by atoms with Crippen LogP contribution in [0.1, 0.15) is 32.3 Å². The molecule has 208 valence electrons. The highest BCUT2D eigenvalue weighted by atomic mass is 32.2. The molecule has 9 nitrogen and oxygen atoms in total. The minimum absolute atomic E-state index is 0.0248. The topological polar surface area (TPSA) is 101 Å². The highest BCUT2D eigenvalue weighted by Crippen LogP contribution is 2.33. The van der Waals surface area contributed by atoms with Crippen LogP contribution in [0.5, 0.6) is 5.75 Å². The van der Waals surface area contributed by atoms with Gasteiger partial charge in [-0.2, -0.15) is 17.5 Å². The number of rotatable bonds is 9. The van der Waals surface area contributed by atoms with E-state index in [1.54, 1.807) is 11.6 Å². The van der Waals surface area contributed by atoms with E-state index in [0.29, 0.717) is 35.4 Å². The molecule has 1 N–H and O–H groups in total. The number of hydrogen-bond donors (Lipinski definition) is 1. The lowest BCUT2D eigenvalue weighted by Gasteiger charge is -2.34. The minimum Gasteiger partial charge on any atom is -0.493 e. The Morgan fingerprint density at radius 3 is 2.45 bits per heavy atom. The van der Waals surface area contributed by atoms with E-state index in [9.17, 15) is 26.4 Å². The summed E-state index contributed by atoms with van der Waals surface area (Å²) < 4.78 is 73.9. The summed E-state index contributed by atoms with van der Waals surface area (Å²) in [7, 11) is -2.24. The summed E-state index contributed by atoms with van der Waals surface area (Å²) in [6.07, 6.45) is -0.179. The number of fused-ring (bicyclic) bond motifs is 1. The highest BCUT2D eigenvalue weighted by Gasteiger charge is 2.35. The Bertz CT molecular complexity index is 1460. The molecule has 0 amide bonds. The second-order valence-electron chi connectivity index (χ2n) is 9.43. The summed E-state index contributed by atoms with van der Waals surface area (Å²) in [5.41, 5.74) is 1.84. The van der Waals surface area contributed by atoms with Gasteiger partial charge in [-0.15, -0.1) is 0 Å². The predicted octanol–water partition coefficient (Wildman–Crippen LogP) is 3.54. The van der Waals surface area contributed by atoms with E-state index in [0.717, 1.165) is 18.4 Å². The van der Waals surface area contributed by atoms with Crippen molar-refractivity contribution in [1.82, 2.24) is 23.7 Å². The summed E-state index contributed by atoms with van der Waals surface area (Å²) in [6, 6.07) is 4.35. The number of alkyl halides is 3. The fraction of sp³-hybridized carbons (Fsp3) is 0.520. The molecule has 0 bridgehead atoms. The molecule has 1 aliphatic heterocycles. The first-order chi connectivity index (χ1) is 17.9. The maximum absolute atomic E-state index is 13.5. The molecule has 2 aromatic heterocycles. The zero-order valence-corrected chi connectivity index (χ0v) is 22.5. The van der Waals surface area contributed by atoms with E-state index in [1.165, 1.54) is 27.4 Å². The maximum Gasteiger partial charge on any atom is 0.401 e. The molecule has 0 unspecified atom stereocenters. The molecule has 1 saturated heterocycles. The van der Waals surface area contributed by atoms with E-state index >= 15 is 0 Å². The molecule has 1 aromatic carbocycles. The van der Waals surface area contributed by atoms with E-state index < -0.39 is 22.7 Å². The molecule has 0 aliphatic carbocycles. The van der Waals surface area contributed by atoms with Gasteiger partial charge >= 0.3 is 6.18 Å². The second-order valence-corrected chi connectivity index (χ2v) is 11.4. The Morgan fingerprint density at radius 1 is 1.11 bits per heavy atom. The third-order valence-electron chi connectivity index (χ3n) is 6.46. The smallest absolute Gasteiger partial charge is 0.401 e. The number of nitrogens with one attached hydrogen (secondary N) is 1. The average molecular weight is 556 g/mol. The van der Waals surface area contributed by atoms with E-state index in [2.05, 4.69) is 4.98 Å². The van der Waals surface area contributed by atoms with Gasteiger partial charge in [0.15, 0.2) is 0 Å². The fourth-order valence-electron chi connectivity index (χ4n) is 4.68. The van der Waals surface area contributed by atoms with E-state index in [1.807, 2.05) is 20.0 Å². The molecule has 0 spiro atoms. The summed E-state index contributed by atoms with van der Waals surface area (Å²) in [4.78, 5) is 21.7. The van der Waals surface area contributed by atoms with Crippen LogP contribution in [0.4, 0.5) is 13.2 Å². The monoisotopic (exact) mass is 555 g/mol. The van der Waals surface area contributed by atoms with Gasteiger partial charge in [-0.05, 0) is 36.6 Å². The van der Waals surface area contributed by atoms with Crippen LogP contribution in [-0.4, -0.2) is 77.7 Å². The zero-order chi connectivity index (χ0) is 27.7. The van der Waals surface area contributed by atoms with Gasteiger partial charge in [0, 0.05) is 39.4 Å². The fourth-order valence-corrected chi connectivity index (χ4v) is 6.13. The first kappa shape index (κ1) is 28.1. The van der Waals surface area contributed by atoms with Gasteiger partial charge in [0.25, 0.3) is 5.56 Å². The third-order valence-corrected chi connectivity index (χ3v) is 8.36. The first-order valence-corrected chi connectivity index (χ1v) is 14.0. The van der Waals surface area contributed by atoms with Crippen molar-refractivity contribution in [2.45, 2.75) is 44.2 Å². The number of nitrogens with zero attached hydrogens (tertiary/aromatic N) is 4. The first-order valence-electron chi connectivity index (χ1n) is 12.6. The van der Waals surface area contributed by atoms with Gasteiger partial charge in [0.2, 0.25) is 10.0 Å². The standard InChI is InChI=1S/C25H32F3N5O4S/c1-4-6-17-15-31(3)22-21(17)29-23(30-24(22)34)19-14-18(7-8-20(19)37-13-5-2)38(35,36)33-11-9-32(10-12-33)16-25(26,27)28/h7-8,14-15H,4-6,9-13,16H2,1-3H3,(H,29,30,34). The Hall–Kier alpha value is -2.90. The molecule has 38 heavy (non-hydrogen) atoms. The van der Waals surface area contributed by atoms with Gasteiger partial charge in [-0.3, -0.25) is 9.69 Å². The number of piperazine rings is 1. The average Bonchev–Trinajstić information content (AvgIpc) is 3.17. The van der Waals surface area contributed by atoms with E-state index in [-0.39, 0.29) is 42.5 Å². The number of halogens is 3.